The number of nitrogens with one attached hydrogen (secondary N) is 1. The van der Waals surface area contributed by atoms with Crippen LogP contribution in [0.4, 0.5) is 0 Å². The summed E-state index contributed by atoms with van der Waals surface area (Å²) in [4.78, 5) is 6.28. The fraction of sp³-hybridized carbons (Fsp3) is 0.545. The topological polar surface area (TPSA) is 28.2 Å². The molecule has 0 amide bonds. The van der Waals surface area contributed by atoms with Crippen molar-refractivity contribution in [3.63, 3.8) is 0 Å². The number of likely N-dealkylation sites (N-methyl/N-ethyl adjacent to an activating group) is 1. The SMILES string of the molecule is Cc1ccncc1CNCCN(C)C. The molecule has 0 fully saturated rings. The Morgan fingerprint density at radius 1 is 1.43 bits per heavy atom. The molecular formula is C11H19N3. The van der Waals surface area contributed by atoms with Crippen LogP contribution in [0.5, 0.6) is 0 Å². The van der Waals surface area contributed by atoms with Gasteiger partial charge in [0.15, 0.2) is 0 Å². The standard InChI is InChI=1S/C11H19N3/c1-10-4-5-12-8-11(10)9-13-6-7-14(2)3/h4-5,8,13H,6-7,9H2,1-3H3. The minimum atomic E-state index is 0.910. The second-order valence-electron chi connectivity index (χ2n) is 3.78. The fourth-order valence-electron chi connectivity index (χ4n) is 1.21. The monoisotopic (exact) mass is 193 g/mol. The Hall–Kier alpha value is -0.930. The molecule has 0 unspecified atom stereocenters. The summed E-state index contributed by atoms with van der Waals surface area (Å²) in [6, 6.07) is 2.04. The number of aromatic nitrogens is 1. The molecule has 0 saturated carbocycles. The largest absolute Gasteiger partial charge is 0.311 e. The summed E-state index contributed by atoms with van der Waals surface area (Å²) in [5.74, 6) is 0. The molecule has 1 heterocycles. The Kier molecular flexibility index (Phi) is 4.56. The molecule has 0 saturated heterocycles. The van der Waals surface area contributed by atoms with Crippen molar-refractivity contribution in [2.24, 2.45) is 0 Å². The van der Waals surface area contributed by atoms with E-state index in [4.69, 9.17) is 0 Å². The first-order valence-corrected chi connectivity index (χ1v) is 4.95. The van der Waals surface area contributed by atoms with E-state index in [0.29, 0.717) is 0 Å². The van der Waals surface area contributed by atoms with Crippen LogP contribution in [0.15, 0.2) is 18.5 Å². The number of hydrogen-bond acceptors (Lipinski definition) is 3. The molecule has 0 radical (unpaired) electrons. The Morgan fingerprint density at radius 2 is 2.21 bits per heavy atom. The molecular weight excluding hydrogens is 174 g/mol. The number of aryl methyl sites for hydroxylation is 1. The molecule has 0 spiro atoms. The van der Waals surface area contributed by atoms with Crippen molar-refractivity contribution >= 4 is 0 Å². The van der Waals surface area contributed by atoms with Gasteiger partial charge in [-0.1, -0.05) is 0 Å². The van der Waals surface area contributed by atoms with Crippen LogP contribution in [-0.2, 0) is 6.54 Å². The van der Waals surface area contributed by atoms with Gasteiger partial charge in [-0.05, 0) is 38.2 Å². The molecule has 1 aromatic heterocycles. The van der Waals surface area contributed by atoms with Crippen molar-refractivity contribution < 1.29 is 0 Å². The highest BCUT2D eigenvalue weighted by atomic mass is 15.1. The quantitative estimate of drug-likeness (QED) is 0.708. The second kappa shape index (κ2) is 5.73. The first kappa shape index (κ1) is 11.1. The zero-order valence-electron chi connectivity index (χ0n) is 9.25. The van der Waals surface area contributed by atoms with E-state index in [1.807, 2.05) is 18.5 Å². The normalized spacial score (nSPS) is 10.9. The third kappa shape index (κ3) is 3.85. The van der Waals surface area contributed by atoms with Crippen molar-refractivity contribution in [1.29, 1.82) is 0 Å². The van der Waals surface area contributed by atoms with Gasteiger partial charge in [-0.15, -0.1) is 0 Å². The van der Waals surface area contributed by atoms with E-state index < -0.39 is 0 Å². The molecule has 0 aromatic carbocycles. The van der Waals surface area contributed by atoms with Gasteiger partial charge in [0.25, 0.3) is 0 Å². The molecule has 0 aliphatic heterocycles. The van der Waals surface area contributed by atoms with Crippen molar-refractivity contribution in [3.05, 3.63) is 29.6 Å². The van der Waals surface area contributed by atoms with Crippen LogP contribution >= 0.6 is 0 Å². The second-order valence-corrected chi connectivity index (χ2v) is 3.78. The van der Waals surface area contributed by atoms with E-state index in [2.05, 4.69) is 36.2 Å². The molecule has 0 aliphatic rings. The molecule has 0 atom stereocenters. The van der Waals surface area contributed by atoms with E-state index in [1.54, 1.807) is 0 Å². The lowest BCUT2D eigenvalue weighted by Gasteiger charge is -2.11. The van der Waals surface area contributed by atoms with Crippen LogP contribution in [-0.4, -0.2) is 37.1 Å². The Balaban J connectivity index is 2.28. The summed E-state index contributed by atoms with van der Waals surface area (Å²) < 4.78 is 0. The van der Waals surface area contributed by atoms with E-state index in [0.717, 1.165) is 19.6 Å². The smallest absolute Gasteiger partial charge is 0.0315 e. The summed E-state index contributed by atoms with van der Waals surface area (Å²) >= 11 is 0. The van der Waals surface area contributed by atoms with Gasteiger partial charge < -0.3 is 10.2 Å². The average molecular weight is 193 g/mol. The first-order valence-electron chi connectivity index (χ1n) is 4.95. The highest BCUT2D eigenvalue weighted by Crippen LogP contribution is 2.03. The van der Waals surface area contributed by atoms with Gasteiger partial charge in [-0.2, -0.15) is 0 Å². The lowest BCUT2D eigenvalue weighted by atomic mass is 10.1. The predicted molar refractivity (Wildman–Crippen MR) is 59.2 cm³/mol. The molecule has 14 heavy (non-hydrogen) atoms. The predicted octanol–water partition coefficient (Wildman–Crippen LogP) is 1.04. The first-order chi connectivity index (χ1) is 6.70. The molecule has 0 aliphatic carbocycles. The van der Waals surface area contributed by atoms with Crippen LogP contribution in [0.25, 0.3) is 0 Å². The summed E-state index contributed by atoms with van der Waals surface area (Å²) in [7, 11) is 4.16. The fourth-order valence-corrected chi connectivity index (χ4v) is 1.21. The van der Waals surface area contributed by atoms with Crippen LogP contribution in [0.2, 0.25) is 0 Å². The van der Waals surface area contributed by atoms with Gasteiger partial charge >= 0.3 is 0 Å². The van der Waals surface area contributed by atoms with Gasteiger partial charge in [0, 0.05) is 32.0 Å². The van der Waals surface area contributed by atoms with E-state index >= 15 is 0 Å². The highest BCUT2D eigenvalue weighted by molar-refractivity contribution is 5.20. The lowest BCUT2D eigenvalue weighted by Crippen LogP contribution is -2.26. The maximum atomic E-state index is 4.11. The number of pyridine rings is 1. The molecule has 1 aromatic rings. The van der Waals surface area contributed by atoms with E-state index in [1.165, 1.54) is 11.1 Å². The number of nitrogens with zero attached hydrogens (tertiary/aromatic N) is 2. The Bertz CT molecular complexity index is 271. The molecule has 78 valence electrons. The Labute approximate surface area is 86.2 Å². The summed E-state index contributed by atoms with van der Waals surface area (Å²) in [6.45, 7) is 5.11. The molecule has 0 bridgehead atoms. The third-order valence-corrected chi connectivity index (χ3v) is 2.20. The lowest BCUT2D eigenvalue weighted by molar-refractivity contribution is 0.400. The molecule has 3 nitrogen and oxygen atoms in total. The molecule has 3 heteroatoms. The zero-order valence-corrected chi connectivity index (χ0v) is 9.25. The zero-order chi connectivity index (χ0) is 10.4. The van der Waals surface area contributed by atoms with Crippen molar-refractivity contribution in [2.75, 3.05) is 27.2 Å². The molecule has 1 rings (SSSR count). The average Bonchev–Trinajstić information content (AvgIpc) is 2.15. The van der Waals surface area contributed by atoms with Crippen LogP contribution in [0.3, 0.4) is 0 Å². The van der Waals surface area contributed by atoms with Crippen LogP contribution in [0.1, 0.15) is 11.1 Å². The summed E-state index contributed by atoms with van der Waals surface area (Å²) in [5.41, 5.74) is 2.59. The van der Waals surface area contributed by atoms with Crippen LogP contribution < -0.4 is 5.32 Å². The van der Waals surface area contributed by atoms with Gasteiger partial charge in [0.2, 0.25) is 0 Å². The molecule has 1 N–H and O–H groups in total. The minimum Gasteiger partial charge on any atom is -0.311 e. The maximum absolute atomic E-state index is 4.11. The minimum absolute atomic E-state index is 0.910. The van der Waals surface area contributed by atoms with Crippen molar-refractivity contribution in [3.8, 4) is 0 Å². The van der Waals surface area contributed by atoms with E-state index in [-0.39, 0.29) is 0 Å². The highest BCUT2D eigenvalue weighted by Gasteiger charge is 1.96. The van der Waals surface area contributed by atoms with Gasteiger partial charge in [0.05, 0.1) is 0 Å². The Morgan fingerprint density at radius 3 is 2.86 bits per heavy atom. The van der Waals surface area contributed by atoms with Crippen molar-refractivity contribution in [1.82, 2.24) is 15.2 Å². The summed E-state index contributed by atoms with van der Waals surface area (Å²) in [5, 5.41) is 3.39. The number of hydrogen-bond donors (Lipinski definition) is 1. The van der Waals surface area contributed by atoms with Gasteiger partial charge in [0.1, 0.15) is 0 Å². The van der Waals surface area contributed by atoms with Gasteiger partial charge in [-0.25, -0.2) is 0 Å². The van der Waals surface area contributed by atoms with Crippen molar-refractivity contribution in [2.45, 2.75) is 13.5 Å². The van der Waals surface area contributed by atoms with Crippen LogP contribution in [0, 0.1) is 6.92 Å². The summed E-state index contributed by atoms with van der Waals surface area (Å²) in [6.07, 6.45) is 3.76. The third-order valence-electron chi connectivity index (χ3n) is 2.20. The maximum Gasteiger partial charge on any atom is 0.0315 e. The number of rotatable bonds is 5. The van der Waals surface area contributed by atoms with E-state index in [9.17, 15) is 0 Å². The van der Waals surface area contributed by atoms with Gasteiger partial charge in [-0.3, -0.25) is 4.98 Å².